The van der Waals surface area contributed by atoms with E-state index in [0.717, 1.165) is 55.1 Å². The summed E-state index contributed by atoms with van der Waals surface area (Å²) in [6.45, 7) is 4.77. The van der Waals surface area contributed by atoms with Crippen LogP contribution in [0.1, 0.15) is 35.7 Å². The summed E-state index contributed by atoms with van der Waals surface area (Å²) in [6.07, 6.45) is 2.08. The Labute approximate surface area is 176 Å². The van der Waals surface area contributed by atoms with Crippen molar-refractivity contribution in [3.8, 4) is 17.2 Å². The van der Waals surface area contributed by atoms with Gasteiger partial charge in [-0.05, 0) is 50.6 Å². The van der Waals surface area contributed by atoms with E-state index in [2.05, 4.69) is 10.00 Å². The van der Waals surface area contributed by atoms with Crippen LogP contribution in [0.4, 0.5) is 5.82 Å². The van der Waals surface area contributed by atoms with Gasteiger partial charge in [0.15, 0.2) is 17.1 Å². The zero-order chi connectivity index (χ0) is 21.3. The Balaban J connectivity index is 1.45. The van der Waals surface area contributed by atoms with Crippen LogP contribution in [0.5, 0.6) is 17.2 Å². The smallest absolute Gasteiger partial charge is 0.203 e. The third kappa shape index (κ3) is 3.87. The Hall–Kier alpha value is -3.00. The maximum atomic E-state index is 6.20. The SMILES string of the molecule is COc1cc(CN2CCC(c3cc(N)n4nc(C)cc4n3)CC2)cc(OC)c1OC. The lowest BCUT2D eigenvalue weighted by atomic mass is 9.93. The van der Waals surface area contributed by atoms with Crippen molar-refractivity contribution in [3.05, 3.63) is 41.2 Å². The molecule has 0 radical (unpaired) electrons. The molecule has 0 bridgehead atoms. The monoisotopic (exact) mass is 411 g/mol. The highest BCUT2D eigenvalue weighted by molar-refractivity contribution is 5.54. The number of aromatic nitrogens is 3. The lowest BCUT2D eigenvalue weighted by molar-refractivity contribution is 0.202. The van der Waals surface area contributed by atoms with Crippen LogP contribution in [0.3, 0.4) is 0 Å². The van der Waals surface area contributed by atoms with Gasteiger partial charge in [-0.3, -0.25) is 4.90 Å². The Kier molecular flexibility index (Phi) is 5.67. The summed E-state index contributed by atoms with van der Waals surface area (Å²) in [5, 5.41) is 4.39. The van der Waals surface area contributed by atoms with Crippen LogP contribution in [0.2, 0.25) is 0 Å². The molecule has 1 aliphatic heterocycles. The topological polar surface area (TPSA) is 87.1 Å². The summed E-state index contributed by atoms with van der Waals surface area (Å²) in [5.74, 6) is 3.04. The molecule has 4 rings (SSSR count). The van der Waals surface area contributed by atoms with Crippen LogP contribution in [-0.4, -0.2) is 53.9 Å². The van der Waals surface area contributed by atoms with Crippen LogP contribution in [-0.2, 0) is 6.54 Å². The molecule has 2 aromatic heterocycles. The minimum Gasteiger partial charge on any atom is -0.493 e. The number of benzene rings is 1. The van der Waals surface area contributed by atoms with Crippen molar-refractivity contribution in [3.63, 3.8) is 0 Å². The highest BCUT2D eigenvalue weighted by Gasteiger charge is 2.24. The highest BCUT2D eigenvalue weighted by atomic mass is 16.5. The molecular formula is C22H29N5O3. The molecule has 30 heavy (non-hydrogen) atoms. The Morgan fingerprint density at radius 1 is 1.00 bits per heavy atom. The van der Waals surface area contributed by atoms with Crippen LogP contribution in [0, 0.1) is 6.92 Å². The summed E-state index contributed by atoms with van der Waals surface area (Å²) >= 11 is 0. The van der Waals surface area contributed by atoms with Gasteiger partial charge in [0.25, 0.3) is 0 Å². The van der Waals surface area contributed by atoms with Gasteiger partial charge in [0.1, 0.15) is 5.82 Å². The molecule has 1 fully saturated rings. The second kappa shape index (κ2) is 8.39. The number of anilines is 1. The van der Waals surface area contributed by atoms with Crippen LogP contribution < -0.4 is 19.9 Å². The maximum Gasteiger partial charge on any atom is 0.203 e. The number of methoxy groups -OCH3 is 3. The predicted octanol–water partition coefficient (Wildman–Crippen LogP) is 3.03. The average Bonchev–Trinajstić information content (AvgIpc) is 3.14. The molecule has 3 heterocycles. The number of nitrogen functional groups attached to an aromatic ring is 1. The van der Waals surface area contributed by atoms with E-state index < -0.39 is 0 Å². The fraction of sp³-hybridized carbons (Fsp3) is 0.455. The van der Waals surface area contributed by atoms with Crippen molar-refractivity contribution >= 4 is 11.5 Å². The maximum absolute atomic E-state index is 6.20. The molecule has 0 spiro atoms. The number of ether oxygens (including phenoxy) is 3. The number of aryl methyl sites for hydroxylation is 1. The van der Waals surface area contributed by atoms with Gasteiger partial charge in [0.2, 0.25) is 5.75 Å². The predicted molar refractivity (Wildman–Crippen MR) is 115 cm³/mol. The molecular weight excluding hydrogens is 382 g/mol. The van der Waals surface area contributed by atoms with E-state index in [0.29, 0.717) is 29.0 Å². The Morgan fingerprint density at radius 3 is 2.27 bits per heavy atom. The first-order chi connectivity index (χ1) is 14.5. The first-order valence-electron chi connectivity index (χ1n) is 10.2. The van der Waals surface area contributed by atoms with Gasteiger partial charge in [-0.15, -0.1) is 0 Å². The van der Waals surface area contributed by atoms with Gasteiger partial charge in [-0.1, -0.05) is 0 Å². The van der Waals surface area contributed by atoms with Gasteiger partial charge in [-0.25, -0.2) is 4.98 Å². The van der Waals surface area contributed by atoms with E-state index in [9.17, 15) is 0 Å². The van der Waals surface area contributed by atoms with Gasteiger partial charge >= 0.3 is 0 Å². The second-order valence-corrected chi connectivity index (χ2v) is 7.75. The van der Waals surface area contributed by atoms with Crippen molar-refractivity contribution in [1.82, 2.24) is 19.5 Å². The summed E-state index contributed by atoms with van der Waals surface area (Å²) in [4.78, 5) is 7.26. The number of hydrogen-bond acceptors (Lipinski definition) is 7. The molecule has 0 saturated carbocycles. The van der Waals surface area contributed by atoms with Crippen LogP contribution in [0.25, 0.3) is 5.65 Å². The summed E-state index contributed by atoms with van der Waals surface area (Å²) in [6, 6.07) is 7.98. The number of fused-ring (bicyclic) bond motifs is 1. The minimum atomic E-state index is 0.406. The summed E-state index contributed by atoms with van der Waals surface area (Å²) < 4.78 is 18.1. The van der Waals surface area contributed by atoms with Gasteiger partial charge in [0.05, 0.1) is 27.0 Å². The molecule has 1 aromatic carbocycles. The summed E-state index contributed by atoms with van der Waals surface area (Å²) in [7, 11) is 4.91. The largest absolute Gasteiger partial charge is 0.493 e. The highest BCUT2D eigenvalue weighted by Crippen LogP contribution is 2.39. The third-order valence-electron chi connectivity index (χ3n) is 5.73. The summed E-state index contributed by atoms with van der Waals surface area (Å²) in [5.41, 5.74) is 10.1. The van der Waals surface area contributed by atoms with Crippen molar-refractivity contribution < 1.29 is 14.2 Å². The second-order valence-electron chi connectivity index (χ2n) is 7.75. The van der Waals surface area contributed by atoms with Gasteiger partial charge in [-0.2, -0.15) is 9.61 Å². The van der Waals surface area contributed by atoms with Gasteiger partial charge in [0, 0.05) is 30.3 Å². The Morgan fingerprint density at radius 2 is 1.67 bits per heavy atom. The van der Waals surface area contributed by atoms with E-state index in [4.69, 9.17) is 24.9 Å². The average molecular weight is 412 g/mol. The number of likely N-dealkylation sites (tertiary alicyclic amines) is 1. The Bertz CT molecular complexity index is 1020. The molecule has 8 heteroatoms. The number of piperidine rings is 1. The van der Waals surface area contributed by atoms with Crippen molar-refractivity contribution in [1.29, 1.82) is 0 Å². The van der Waals surface area contributed by atoms with E-state index >= 15 is 0 Å². The molecule has 1 saturated heterocycles. The van der Waals surface area contributed by atoms with Crippen LogP contribution >= 0.6 is 0 Å². The fourth-order valence-corrected chi connectivity index (χ4v) is 4.21. The van der Waals surface area contributed by atoms with E-state index in [1.807, 2.05) is 31.2 Å². The molecule has 0 unspecified atom stereocenters. The molecule has 160 valence electrons. The zero-order valence-electron chi connectivity index (χ0n) is 18.0. The normalized spacial score (nSPS) is 15.5. The first kappa shape index (κ1) is 20.3. The first-order valence-corrected chi connectivity index (χ1v) is 10.2. The van der Waals surface area contributed by atoms with Crippen molar-refractivity contribution in [2.75, 3.05) is 40.2 Å². The van der Waals surface area contributed by atoms with Gasteiger partial charge < -0.3 is 19.9 Å². The molecule has 1 aliphatic rings. The molecule has 3 aromatic rings. The number of rotatable bonds is 6. The zero-order valence-corrected chi connectivity index (χ0v) is 18.0. The molecule has 0 amide bonds. The fourth-order valence-electron chi connectivity index (χ4n) is 4.21. The quantitative estimate of drug-likeness (QED) is 0.667. The van der Waals surface area contributed by atoms with E-state index in [1.54, 1.807) is 25.8 Å². The number of hydrogen-bond donors (Lipinski definition) is 1. The van der Waals surface area contributed by atoms with E-state index in [-0.39, 0.29) is 0 Å². The minimum absolute atomic E-state index is 0.406. The van der Waals surface area contributed by atoms with Crippen molar-refractivity contribution in [2.45, 2.75) is 32.2 Å². The molecule has 0 aliphatic carbocycles. The standard InChI is InChI=1S/C22H29N5O3/c1-14-9-21-24-17(12-20(23)27(21)25-14)16-5-7-26(8-6-16)13-15-10-18(28-2)22(30-4)19(11-15)29-3/h9-12,16H,5-8,13,23H2,1-4H3. The molecule has 0 atom stereocenters. The number of nitrogens with zero attached hydrogens (tertiary/aromatic N) is 4. The van der Waals surface area contributed by atoms with Crippen LogP contribution in [0.15, 0.2) is 24.3 Å². The molecule has 2 N–H and O–H groups in total. The lowest BCUT2D eigenvalue weighted by Crippen LogP contribution is -2.32. The van der Waals surface area contributed by atoms with Crippen molar-refractivity contribution in [2.24, 2.45) is 0 Å². The molecule has 8 nitrogen and oxygen atoms in total. The third-order valence-corrected chi connectivity index (χ3v) is 5.73. The van der Waals surface area contributed by atoms with E-state index in [1.165, 1.54) is 0 Å². The number of nitrogens with two attached hydrogens (primary N) is 1. The lowest BCUT2D eigenvalue weighted by Gasteiger charge is -2.32.